The standard InChI is InChI=1S/C22H25ClN2O4/c23-19-3-1-2-4-21(19)29-14-12-25(11-13-26)20-9-7-17-15-16(5-8-18(17)20)6-10-22(27)24-28/h1-6,8,10,15,20,26,28H,7,9,11-14H2,(H,24,27)/b10-6+. The largest absolute Gasteiger partial charge is 0.491 e. The summed E-state index contributed by atoms with van der Waals surface area (Å²) in [5.74, 6) is 0.101. The van der Waals surface area contributed by atoms with E-state index in [4.69, 9.17) is 21.5 Å². The topological polar surface area (TPSA) is 82.0 Å². The molecule has 0 saturated carbocycles. The fourth-order valence-corrected chi connectivity index (χ4v) is 3.88. The first-order chi connectivity index (χ1) is 14.1. The molecule has 6 nitrogen and oxygen atoms in total. The van der Waals surface area contributed by atoms with Crippen LogP contribution in [0.25, 0.3) is 6.08 Å². The molecule has 1 unspecified atom stereocenters. The second kappa shape index (κ2) is 10.4. The number of fused-ring (bicyclic) bond motifs is 1. The van der Waals surface area contributed by atoms with Gasteiger partial charge < -0.3 is 9.84 Å². The second-order valence-electron chi connectivity index (χ2n) is 6.86. The van der Waals surface area contributed by atoms with Crippen LogP contribution in [0.3, 0.4) is 0 Å². The van der Waals surface area contributed by atoms with Gasteiger partial charge in [-0.05, 0) is 47.7 Å². The summed E-state index contributed by atoms with van der Waals surface area (Å²) in [7, 11) is 0. The number of aryl methyl sites for hydroxylation is 1. The highest BCUT2D eigenvalue weighted by Crippen LogP contribution is 2.36. The Morgan fingerprint density at radius 1 is 1.28 bits per heavy atom. The lowest BCUT2D eigenvalue weighted by Gasteiger charge is -2.29. The van der Waals surface area contributed by atoms with Gasteiger partial charge in [-0.3, -0.25) is 14.9 Å². The van der Waals surface area contributed by atoms with E-state index in [2.05, 4.69) is 17.0 Å². The minimum atomic E-state index is -0.559. The number of hydrogen-bond acceptors (Lipinski definition) is 5. The average Bonchev–Trinajstić information content (AvgIpc) is 3.15. The van der Waals surface area contributed by atoms with E-state index < -0.39 is 5.91 Å². The highest BCUT2D eigenvalue weighted by molar-refractivity contribution is 6.32. The number of carbonyl (C=O) groups excluding carboxylic acids is 1. The minimum absolute atomic E-state index is 0.0784. The zero-order chi connectivity index (χ0) is 20.6. The second-order valence-corrected chi connectivity index (χ2v) is 7.27. The van der Waals surface area contributed by atoms with E-state index in [9.17, 15) is 9.90 Å². The molecule has 0 fully saturated rings. The van der Waals surface area contributed by atoms with Gasteiger partial charge in [-0.2, -0.15) is 0 Å². The lowest BCUT2D eigenvalue weighted by Crippen LogP contribution is -2.34. The lowest BCUT2D eigenvalue weighted by atomic mass is 10.0. The van der Waals surface area contributed by atoms with Crippen molar-refractivity contribution in [3.63, 3.8) is 0 Å². The molecule has 0 radical (unpaired) electrons. The third-order valence-electron chi connectivity index (χ3n) is 5.05. The zero-order valence-electron chi connectivity index (χ0n) is 16.1. The van der Waals surface area contributed by atoms with Crippen molar-refractivity contribution in [2.45, 2.75) is 18.9 Å². The number of aliphatic hydroxyl groups excluding tert-OH is 1. The fourth-order valence-electron chi connectivity index (χ4n) is 3.69. The van der Waals surface area contributed by atoms with Crippen LogP contribution in [0.5, 0.6) is 5.75 Å². The smallest absolute Gasteiger partial charge is 0.267 e. The number of hydrogen-bond donors (Lipinski definition) is 3. The number of aliphatic hydroxyl groups is 1. The van der Waals surface area contributed by atoms with Gasteiger partial charge in [0.05, 0.1) is 11.6 Å². The van der Waals surface area contributed by atoms with Crippen molar-refractivity contribution in [3.05, 3.63) is 70.3 Å². The molecule has 0 saturated heterocycles. The first-order valence-corrected chi connectivity index (χ1v) is 9.97. The molecule has 154 valence electrons. The summed E-state index contributed by atoms with van der Waals surface area (Å²) >= 11 is 6.14. The van der Waals surface area contributed by atoms with Gasteiger partial charge >= 0.3 is 0 Å². The van der Waals surface area contributed by atoms with Gasteiger partial charge in [0.2, 0.25) is 0 Å². The number of nitrogens with zero attached hydrogens (tertiary/aromatic N) is 1. The highest BCUT2D eigenvalue weighted by atomic mass is 35.5. The quantitative estimate of drug-likeness (QED) is 0.332. The van der Waals surface area contributed by atoms with Gasteiger partial charge in [-0.15, -0.1) is 0 Å². The summed E-state index contributed by atoms with van der Waals surface area (Å²) in [6.45, 7) is 1.80. The average molecular weight is 417 g/mol. The van der Waals surface area contributed by atoms with Crippen LogP contribution in [0.4, 0.5) is 0 Å². The molecule has 0 aliphatic heterocycles. The number of ether oxygens (including phenoxy) is 1. The van der Waals surface area contributed by atoms with E-state index in [1.807, 2.05) is 24.3 Å². The number of para-hydroxylation sites is 1. The molecule has 2 aromatic rings. The van der Waals surface area contributed by atoms with Crippen molar-refractivity contribution < 1.29 is 19.8 Å². The van der Waals surface area contributed by atoms with E-state index in [1.165, 1.54) is 17.2 Å². The maximum absolute atomic E-state index is 11.2. The Labute approximate surface area is 175 Å². The third kappa shape index (κ3) is 5.58. The maximum atomic E-state index is 11.2. The molecule has 7 heteroatoms. The molecule has 0 spiro atoms. The van der Waals surface area contributed by atoms with Gasteiger partial charge in [0, 0.05) is 25.2 Å². The van der Waals surface area contributed by atoms with Gasteiger partial charge in [0.15, 0.2) is 0 Å². The van der Waals surface area contributed by atoms with Crippen molar-refractivity contribution in [1.82, 2.24) is 10.4 Å². The van der Waals surface area contributed by atoms with Crippen LogP contribution in [0.15, 0.2) is 48.5 Å². The molecule has 1 amide bonds. The Morgan fingerprint density at radius 3 is 2.86 bits per heavy atom. The summed E-state index contributed by atoms with van der Waals surface area (Å²) in [4.78, 5) is 13.4. The lowest BCUT2D eigenvalue weighted by molar-refractivity contribution is -0.124. The Balaban J connectivity index is 1.66. The van der Waals surface area contributed by atoms with Crippen molar-refractivity contribution in [3.8, 4) is 5.75 Å². The zero-order valence-corrected chi connectivity index (χ0v) is 16.8. The number of rotatable bonds is 9. The van der Waals surface area contributed by atoms with E-state index in [0.717, 1.165) is 18.4 Å². The predicted molar refractivity (Wildman–Crippen MR) is 112 cm³/mol. The van der Waals surface area contributed by atoms with Crippen LogP contribution in [0, 0.1) is 0 Å². The molecule has 29 heavy (non-hydrogen) atoms. The number of halogens is 1. The van der Waals surface area contributed by atoms with Crippen LogP contribution >= 0.6 is 11.6 Å². The number of nitrogens with one attached hydrogen (secondary N) is 1. The summed E-state index contributed by atoms with van der Waals surface area (Å²) < 4.78 is 5.82. The van der Waals surface area contributed by atoms with Gasteiger partial charge in [0.25, 0.3) is 5.91 Å². The number of amides is 1. The fraction of sp³-hybridized carbons (Fsp3) is 0.318. The summed E-state index contributed by atoms with van der Waals surface area (Å²) in [5.41, 5.74) is 4.96. The molecule has 1 atom stereocenters. The van der Waals surface area contributed by atoms with E-state index in [0.29, 0.717) is 30.5 Å². The molecular formula is C22H25ClN2O4. The van der Waals surface area contributed by atoms with Gasteiger partial charge in [-0.1, -0.05) is 41.9 Å². The molecule has 0 aromatic heterocycles. The van der Waals surface area contributed by atoms with Crippen molar-refractivity contribution in [2.24, 2.45) is 0 Å². The van der Waals surface area contributed by atoms with Crippen LogP contribution in [-0.2, 0) is 11.2 Å². The van der Waals surface area contributed by atoms with Crippen molar-refractivity contribution in [1.29, 1.82) is 0 Å². The normalized spacial score (nSPS) is 15.7. The Kier molecular flexibility index (Phi) is 7.66. The van der Waals surface area contributed by atoms with Crippen molar-refractivity contribution >= 4 is 23.6 Å². The van der Waals surface area contributed by atoms with E-state index >= 15 is 0 Å². The predicted octanol–water partition coefficient (Wildman–Crippen LogP) is 3.22. The minimum Gasteiger partial charge on any atom is -0.491 e. The van der Waals surface area contributed by atoms with Gasteiger partial charge in [-0.25, -0.2) is 5.48 Å². The molecule has 3 rings (SSSR count). The van der Waals surface area contributed by atoms with Crippen LogP contribution in [0.1, 0.15) is 29.2 Å². The number of benzene rings is 2. The Hall–Kier alpha value is -2.38. The van der Waals surface area contributed by atoms with Crippen LogP contribution in [0.2, 0.25) is 5.02 Å². The van der Waals surface area contributed by atoms with E-state index in [1.54, 1.807) is 17.6 Å². The Morgan fingerprint density at radius 2 is 2.10 bits per heavy atom. The summed E-state index contributed by atoms with van der Waals surface area (Å²) in [6.07, 6.45) is 4.85. The van der Waals surface area contributed by atoms with Crippen molar-refractivity contribution in [2.75, 3.05) is 26.3 Å². The van der Waals surface area contributed by atoms with Crippen LogP contribution in [-0.4, -0.2) is 47.4 Å². The third-order valence-corrected chi connectivity index (χ3v) is 5.36. The monoisotopic (exact) mass is 416 g/mol. The summed E-state index contributed by atoms with van der Waals surface area (Å²) in [5, 5.41) is 18.7. The van der Waals surface area contributed by atoms with Gasteiger partial charge in [0.1, 0.15) is 12.4 Å². The first kappa shape index (κ1) is 21.3. The molecule has 2 aromatic carbocycles. The maximum Gasteiger partial charge on any atom is 0.267 e. The molecule has 1 aliphatic carbocycles. The Bertz CT molecular complexity index is 872. The number of carbonyl (C=O) groups is 1. The molecular weight excluding hydrogens is 392 g/mol. The number of hydroxylamine groups is 1. The molecule has 0 bridgehead atoms. The highest BCUT2D eigenvalue weighted by Gasteiger charge is 2.27. The SMILES string of the molecule is O=C(/C=C/c1ccc2c(c1)CCC2N(CCO)CCOc1ccccc1Cl)NO. The van der Waals surface area contributed by atoms with E-state index in [-0.39, 0.29) is 12.6 Å². The molecule has 3 N–H and O–H groups in total. The summed E-state index contributed by atoms with van der Waals surface area (Å²) in [6, 6.07) is 13.7. The molecule has 0 heterocycles. The first-order valence-electron chi connectivity index (χ1n) is 9.59. The van der Waals surface area contributed by atoms with Crippen LogP contribution < -0.4 is 10.2 Å². The molecule has 1 aliphatic rings.